The Morgan fingerprint density at radius 3 is 2.14 bits per heavy atom. The van der Waals surface area contributed by atoms with Crippen LogP contribution in [-0.4, -0.2) is 66.1 Å². The maximum atomic E-state index is 15.2. The van der Waals surface area contributed by atoms with Crippen molar-refractivity contribution >= 4 is 30.7 Å². The molecule has 2 aromatic carbocycles. The number of ether oxygens (including phenoxy) is 1. The number of rotatable bonds is 13. The Hall–Kier alpha value is -1.92. The molecule has 0 saturated carbocycles. The molecule has 2 aromatic rings. The second-order valence-corrected chi connectivity index (χ2v) is 13.7. The lowest BCUT2D eigenvalue weighted by molar-refractivity contribution is -0.159. The molecule has 196 valence electrons. The molecule has 0 amide bonds. The summed E-state index contributed by atoms with van der Waals surface area (Å²) in [6, 6.07) is 18.6. The van der Waals surface area contributed by atoms with E-state index in [4.69, 9.17) is 10.5 Å². The Balaban J connectivity index is 2.18. The lowest BCUT2D eigenvalue weighted by Gasteiger charge is -2.42. The van der Waals surface area contributed by atoms with E-state index in [9.17, 15) is 9.59 Å². The van der Waals surface area contributed by atoms with Crippen LogP contribution in [0.4, 0.5) is 0 Å². The summed E-state index contributed by atoms with van der Waals surface area (Å²) in [6.45, 7) is 3.05. The molecular formula is C28H39N2O4PS. The summed E-state index contributed by atoms with van der Waals surface area (Å²) < 4.78 is 20.6. The van der Waals surface area contributed by atoms with E-state index in [0.717, 1.165) is 17.5 Å². The average molecular weight is 531 g/mol. The molecule has 6 nitrogen and oxygen atoms in total. The van der Waals surface area contributed by atoms with Crippen molar-refractivity contribution in [2.75, 3.05) is 32.2 Å². The first-order chi connectivity index (χ1) is 17.3. The number of likely N-dealkylation sites (tertiary alicyclic amines) is 1. The van der Waals surface area contributed by atoms with Gasteiger partial charge in [0, 0.05) is 18.9 Å². The van der Waals surface area contributed by atoms with Gasteiger partial charge in [-0.3, -0.25) is 9.69 Å². The molecule has 3 atom stereocenters. The number of hydrogen-bond acceptors (Lipinski definition) is 7. The second-order valence-electron chi connectivity index (χ2n) is 9.54. The largest absolute Gasteiger partial charge is 0.467 e. The Morgan fingerprint density at radius 2 is 1.67 bits per heavy atom. The van der Waals surface area contributed by atoms with Gasteiger partial charge in [0.05, 0.1) is 18.8 Å². The van der Waals surface area contributed by atoms with Crippen molar-refractivity contribution < 1.29 is 18.9 Å². The van der Waals surface area contributed by atoms with Crippen molar-refractivity contribution in [3.63, 3.8) is 0 Å². The smallest absolute Gasteiger partial charge is 0.334 e. The van der Waals surface area contributed by atoms with E-state index in [-0.39, 0.29) is 5.78 Å². The molecule has 0 aliphatic carbocycles. The van der Waals surface area contributed by atoms with Crippen LogP contribution in [0.2, 0.25) is 0 Å². The van der Waals surface area contributed by atoms with Crippen molar-refractivity contribution in [2.24, 2.45) is 5.73 Å². The molecule has 1 saturated heterocycles. The Kier molecular flexibility index (Phi) is 10.4. The molecule has 1 heterocycles. The summed E-state index contributed by atoms with van der Waals surface area (Å²) in [5.74, 6) is -0.293. The van der Waals surface area contributed by atoms with Gasteiger partial charge in [-0.1, -0.05) is 67.6 Å². The molecule has 8 heteroatoms. The fourth-order valence-corrected chi connectivity index (χ4v) is 9.93. The van der Waals surface area contributed by atoms with Crippen LogP contribution in [0.15, 0.2) is 60.7 Å². The first-order valence-electron chi connectivity index (χ1n) is 12.6. The maximum absolute atomic E-state index is 15.2. The zero-order chi connectivity index (χ0) is 26.2. The minimum Gasteiger partial charge on any atom is -0.467 e. The van der Waals surface area contributed by atoms with Gasteiger partial charge in [-0.15, -0.1) is 0 Å². The fourth-order valence-electron chi connectivity index (χ4n) is 5.57. The SMILES string of the molecule is CCCN1CCC(P(=O)(Cc2ccccc2)Cc2ccccc2)[C@]1(C(=O)OC)C(=O)[C@@H](N)CCSC. The van der Waals surface area contributed by atoms with Crippen LogP contribution in [-0.2, 0) is 31.2 Å². The normalized spacial score (nSPS) is 21.3. The quantitative estimate of drug-likeness (QED) is 0.226. The number of Topliss-reactive ketones (excluding diaryl/α,β-unsaturated/α-hetero) is 1. The molecule has 0 spiro atoms. The maximum Gasteiger partial charge on any atom is 0.334 e. The molecule has 0 bridgehead atoms. The lowest BCUT2D eigenvalue weighted by Crippen LogP contribution is -2.66. The van der Waals surface area contributed by atoms with Gasteiger partial charge < -0.3 is 15.0 Å². The van der Waals surface area contributed by atoms with Crippen LogP contribution >= 0.6 is 18.9 Å². The summed E-state index contributed by atoms with van der Waals surface area (Å²) in [7, 11) is -1.89. The highest BCUT2D eigenvalue weighted by Crippen LogP contribution is 2.64. The third-order valence-corrected chi connectivity index (χ3v) is 11.4. The predicted octanol–water partition coefficient (Wildman–Crippen LogP) is 4.80. The topological polar surface area (TPSA) is 89.7 Å². The van der Waals surface area contributed by atoms with Crippen LogP contribution in [0.3, 0.4) is 0 Å². The molecule has 3 rings (SSSR count). The number of hydrogen-bond donors (Lipinski definition) is 1. The number of thioether (sulfide) groups is 1. The molecule has 36 heavy (non-hydrogen) atoms. The number of carbonyl (C=O) groups excluding carboxylic acids is 2. The van der Waals surface area contributed by atoms with Gasteiger partial charge in [-0.25, -0.2) is 4.79 Å². The standard InChI is InChI=1S/C28H39N2O4PS/c1-4-17-30-18-15-25(28(30,27(32)34-2)26(31)24(29)16-19-36-3)35(33,20-22-11-7-5-8-12-22)21-23-13-9-6-10-14-23/h5-14,24-25H,4,15-21,29H2,1-3H3/t24-,25?,28+/m0/s1. The van der Waals surface area contributed by atoms with Crippen molar-refractivity contribution in [1.82, 2.24) is 4.90 Å². The summed E-state index contributed by atoms with van der Waals surface area (Å²) in [6.07, 6.45) is 4.25. The number of nitrogens with two attached hydrogens (primary N) is 1. The fraction of sp³-hybridized carbons (Fsp3) is 0.500. The third kappa shape index (κ3) is 5.96. The van der Waals surface area contributed by atoms with E-state index >= 15 is 4.57 Å². The van der Waals surface area contributed by atoms with Gasteiger partial charge >= 0.3 is 5.97 Å². The van der Waals surface area contributed by atoms with E-state index < -0.39 is 30.4 Å². The zero-order valence-electron chi connectivity index (χ0n) is 21.6. The molecule has 2 N–H and O–H groups in total. The Labute approximate surface area is 219 Å². The van der Waals surface area contributed by atoms with Gasteiger partial charge in [-0.2, -0.15) is 11.8 Å². The van der Waals surface area contributed by atoms with E-state index in [1.165, 1.54) is 7.11 Å². The molecule has 0 aromatic heterocycles. The van der Waals surface area contributed by atoms with Crippen molar-refractivity contribution in [2.45, 2.75) is 55.7 Å². The summed E-state index contributed by atoms with van der Waals surface area (Å²) in [5, 5.41) is 0. The van der Waals surface area contributed by atoms with Gasteiger partial charge in [-0.05, 0) is 48.9 Å². The van der Waals surface area contributed by atoms with E-state index in [1.807, 2.05) is 78.7 Å². The lowest BCUT2D eigenvalue weighted by atomic mass is 9.85. The summed E-state index contributed by atoms with van der Waals surface area (Å²) in [5.41, 5.74) is 5.98. The second kappa shape index (κ2) is 13.0. The van der Waals surface area contributed by atoms with Crippen LogP contribution in [0, 0.1) is 0 Å². The highest BCUT2D eigenvalue weighted by molar-refractivity contribution is 7.98. The highest BCUT2D eigenvalue weighted by Gasteiger charge is 2.65. The molecule has 1 unspecified atom stereocenters. The van der Waals surface area contributed by atoms with Gasteiger partial charge in [0.2, 0.25) is 0 Å². The summed E-state index contributed by atoms with van der Waals surface area (Å²) in [4.78, 5) is 29.9. The van der Waals surface area contributed by atoms with Gasteiger partial charge in [0.25, 0.3) is 0 Å². The van der Waals surface area contributed by atoms with E-state index in [0.29, 0.717) is 44.0 Å². The molecular weight excluding hydrogens is 491 g/mol. The van der Waals surface area contributed by atoms with Crippen LogP contribution < -0.4 is 5.73 Å². The van der Waals surface area contributed by atoms with Crippen molar-refractivity contribution in [1.29, 1.82) is 0 Å². The van der Waals surface area contributed by atoms with Gasteiger partial charge in [0.15, 0.2) is 11.3 Å². The van der Waals surface area contributed by atoms with Crippen molar-refractivity contribution in [3.05, 3.63) is 71.8 Å². The van der Waals surface area contributed by atoms with E-state index in [2.05, 4.69) is 0 Å². The minimum absolute atomic E-state index is 0.305. The number of carbonyl (C=O) groups is 2. The molecule has 1 fully saturated rings. The number of benzene rings is 2. The highest BCUT2D eigenvalue weighted by atomic mass is 32.2. The van der Waals surface area contributed by atoms with Gasteiger partial charge in [0.1, 0.15) is 7.14 Å². The minimum atomic E-state index is -3.20. The monoisotopic (exact) mass is 530 g/mol. The average Bonchev–Trinajstić information content (AvgIpc) is 3.28. The number of nitrogens with zero attached hydrogens (tertiary/aromatic N) is 1. The summed E-state index contributed by atoms with van der Waals surface area (Å²) >= 11 is 1.61. The number of ketones is 1. The van der Waals surface area contributed by atoms with Crippen LogP contribution in [0.1, 0.15) is 37.3 Å². The first-order valence-corrected chi connectivity index (χ1v) is 16.1. The first kappa shape index (κ1) is 28.6. The van der Waals surface area contributed by atoms with E-state index in [1.54, 1.807) is 11.8 Å². The number of esters is 1. The molecule has 1 aliphatic rings. The van der Waals surface area contributed by atoms with Crippen LogP contribution in [0.5, 0.6) is 0 Å². The predicted molar refractivity (Wildman–Crippen MR) is 149 cm³/mol. The number of methoxy groups -OCH3 is 1. The Bertz CT molecular complexity index is 1010. The molecule has 0 radical (unpaired) electrons. The van der Waals surface area contributed by atoms with Crippen LogP contribution in [0.25, 0.3) is 0 Å². The Morgan fingerprint density at radius 1 is 1.11 bits per heavy atom. The third-order valence-electron chi connectivity index (χ3n) is 7.14. The zero-order valence-corrected chi connectivity index (χ0v) is 23.3. The van der Waals surface area contributed by atoms with Crippen molar-refractivity contribution in [3.8, 4) is 0 Å². The molecule has 1 aliphatic heterocycles.